The molecule has 0 bridgehead atoms. The first-order valence-corrected chi connectivity index (χ1v) is 36.4. The van der Waals surface area contributed by atoms with Crippen LogP contribution in [0.1, 0.15) is 286 Å². The topological polar surface area (TPSA) is 324 Å². The molecular weight excluding hydrogens is 1160 g/mol. The standard InChI is InChI=1S/C14H26O4.C13H24O2.C12H24O2.4C8H19NO2/c1-2-3-4-5-6-7-8-9-10-11-12(13(15)16)14(17)18;1-2-3-4-5-6-7-8-9-10-11-12-13(14)15;1-2-3-4-5-6-7-8-9-10-11-12(13)14;4*1-2-3-4-9(5-7-10)6-8-11/h12H,2-11H2,1H3,(H,15,16)(H,17,18);11-12H,2-10H2,1H3,(H,14,15);2-11H2,1H3,(H,13,14);4*10-11H,2-8H2,1H3. The number of aliphatic hydroxyl groups excluding tert-OH is 8. The Hall–Kier alpha value is -2.86. The number of aliphatic hydroxyl groups is 8. The van der Waals surface area contributed by atoms with Gasteiger partial charge in [-0.2, -0.15) is 0 Å². The van der Waals surface area contributed by atoms with Gasteiger partial charge in [0.15, 0.2) is 5.92 Å². The molecule has 12 N–H and O–H groups in total. The zero-order chi connectivity index (χ0) is 69.9. The summed E-state index contributed by atoms with van der Waals surface area (Å²) < 4.78 is 0. The Bertz CT molecular complexity index is 1290. The zero-order valence-electron chi connectivity index (χ0n) is 59.8. The molecule has 550 valence electrons. The van der Waals surface area contributed by atoms with Crippen LogP contribution in [0.15, 0.2) is 12.2 Å². The molecule has 0 amide bonds. The highest BCUT2D eigenvalue weighted by Crippen LogP contribution is 2.15. The fraction of sp³-hybridized carbons (Fsp3) is 0.915. The van der Waals surface area contributed by atoms with Crippen molar-refractivity contribution in [3.05, 3.63) is 12.2 Å². The van der Waals surface area contributed by atoms with Crippen LogP contribution in [0.25, 0.3) is 0 Å². The van der Waals surface area contributed by atoms with Gasteiger partial charge in [-0.05, 0) is 77.5 Å². The van der Waals surface area contributed by atoms with Crippen LogP contribution in [0.3, 0.4) is 0 Å². The highest BCUT2D eigenvalue weighted by molar-refractivity contribution is 5.92. The molecule has 20 heteroatoms. The Labute approximate surface area is 557 Å². The summed E-state index contributed by atoms with van der Waals surface area (Å²) >= 11 is 0. The summed E-state index contributed by atoms with van der Waals surface area (Å²) in [5.74, 6) is -5.17. The van der Waals surface area contributed by atoms with Crippen molar-refractivity contribution in [3.8, 4) is 0 Å². The number of rotatable bonds is 60. The van der Waals surface area contributed by atoms with Crippen LogP contribution in [0.4, 0.5) is 0 Å². The van der Waals surface area contributed by atoms with E-state index in [4.69, 9.17) is 61.3 Å². The molecule has 0 aliphatic heterocycles. The Morgan fingerprint density at radius 3 is 0.714 bits per heavy atom. The second-order valence-electron chi connectivity index (χ2n) is 23.4. The van der Waals surface area contributed by atoms with Crippen LogP contribution in [0.5, 0.6) is 0 Å². The summed E-state index contributed by atoms with van der Waals surface area (Å²) in [5.41, 5.74) is 0. The van der Waals surface area contributed by atoms with Gasteiger partial charge in [0, 0.05) is 64.9 Å². The van der Waals surface area contributed by atoms with Crippen molar-refractivity contribution in [2.75, 3.05) is 131 Å². The van der Waals surface area contributed by atoms with Crippen LogP contribution in [-0.2, 0) is 19.2 Å². The number of nitrogens with zero attached hydrogens (tertiary/aromatic N) is 4. The predicted molar refractivity (Wildman–Crippen MR) is 376 cm³/mol. The van der Waals surface area contributed by atoms with E-state index in [1.54, 1.807) is 6.08 Å². The number of aliphatic carboxylic acids is 4. The quantitative estimate of drug-likeness (QED) is 0.0153. The number of allylic oxidation sites excluding steroid dienone is 1. The van der Waals surface area contributed by atoms with Gasteiger partial charge in [0.1, 0.15) is 0 Å². The molecule has 0 aromatic carbocycles. The molecule has 0 saturated heterocycles. The second kappa shape index (κ2) is 93.5. The van der Waals surface area contributed by atoms with E-state index in [-0.39, 0.29) is 59.3 Å². The highest BCUT2D eigenvalue weighted by Gasteiger charge is 2.24. The van der Waals surface area contributed by atoms with Crippen LogP contribution in [0.2, 0.25) is 0 Å². The van der Waals surface area contributed by atoms with Gasteiger partial charge in [0.2, 0.25) is 0 Å². The molecule has 0 unspecified atom stereocenters. The Balaban J connectivity index is -0.000000182. The number of carbonyl (C=O) groups is 4. The van der Waals surface area contributed by atoms with Gasteiger partial charge in [-0.25, -0.2) is 4.79 Å². The molecule has 0 spiro atoms. The lowest BCUT2D eigenvalue weighted by molar-refractivity contribution is -0.155. The van der Waals surface area contributed by atoms with E-state index in [1.165, 1.54) is 134 Å². The van der Waals surface area contributed by atoms with E-state index in [0.29, 0.717) is 65.2 Å². The largest absolute Gasteiger partial charge is 0.481 e. The predicted octanol–water partition coefficient (Wildman–Crippen LogP) is 12.1. The summed E-state index contributed by atoms with van der Waals surface area (Å²) in [6, 6.07) is 0. The first-order valence-electron chi connectivity index (χ1n) is 36.4. The molecule has 0 heterocycles. The maximum Gasteiger partial charge on any atom is 0.327 e. The zero-order valence-corrected chi connectivity index (χ0v) is 59.8. The molecule has 91 heavy (non-hydrogen) atoms. The lowest BCUT2D eigenvalue weighted by Crippen LogP contribution is -2.30. The summed E-state index contributed by atoms with van der Waals surface area (Å²) in [4.78, 5) is 49.9. The number of carboxylic acid groups (broad SMARTS) is 4. The van der Waals surface area contributed by atoms with Gasteiger partial charge in [0.25, 0.3) is 0 Å². The third-order valence-corrected chi connectivity index (χ3v) is 14.8. The summed E-state index contributed by atoms with van der Waals surface area (Å²) in [7, 11) is 0. The summed E-state index contributed by atoms with van der Waals surface area (Å²) in [5, 5.41) is 103. The molecule has 0 radical (unpaired) electrons. The third-order valence-electron chi connectivity index (χ3n) is 14.8. The maximum absolute atomic E-state index is 10.6. The smallest absolute Gasteiger partial charge is 0.327 e. The SMILES string of the molecule is CCCCCCCCCCC=CC(=O)O.CCCCCCCCCCCC(=O)O.CCCCCCCCCCCC(C(=O)O)C(=O)O.CCCCN(CCO)CCO.CCCCN(CCO)CCO.CCCCN(CCO)CCO.CCCCN(CCO)CCO. The maximum atomic E-state index is 10.6. The summed E-state index contributed by atoms with van der Waals surface area (Å²) in [6.45, 7) is 26.1. The average Bonchev–Trinajstić information content (AvgIpc) is 3.73. The lowest BCUT2D eigenvalue weighted by Gasteiger charge is -2.19. The van der Waals surface area contributed by atoms with Gasteiger partial charge in [-0.15, -0.1) is 0 Å². The number of hydrogen-bond acceptors (Lipinski definition) is 16. The van der Waals surface area contributed by atoms with Crippen molar-refractivity contribution in [1.82, 2.24) is 19.6 Å². The van der Waals surface area contributed by atoms with Crippen molar-refractivity contribution >= 4 is 23.9 Å². The van der Waals surface area contributed by atoms with E-state index in [1.807, 2.05) is 0 Å². The minimum Gasteiger partial charge on any atom is -0.481 e. The van der Waals surface area contributed by atoms with Crippen molar-refractivity contribution in [1.29, 1.82) is 0 Å². The van der Waals surface area contributed by atoms with E-state index in [0.717, 1.165) is 116 Å². The molecule has 0 atom stereocenters. The average molecular weight is 1320 g/mol. The van der Waals surface area contributed by atoms with Gasteiger partial charge in [-0.1, -0.05) is 234 Å². The Kier molecular flexibility index (Phi) is 104. The van der Waals surface area contributed by atoms with Gasteiger partial charge < -0.3 is 61.3 Å². The van der Waals surface area contributed by atoms with Crippen LogP contribution in [0, 0.1) is 5.92 Å². The van der Waals surface area contributed by atoms with E-state index >= 15 is 0 Å². The fourth-order valence-electron chi connectivity index (χ4n) is 9.18. The van der Waals surface area contributed by atoms with Crippen LogP contribution < -0.4 is 0 Å². The van der Waals surface area contributed by atoms with Crippen molar-refractivity contribution < 1.29 is 80.5 Å². The minimum absolute atomic E-state index is 0.184. The lowest BCUT2D eigenvalue weighted by atomic mass is 10.00. The molecule has 20 nitrogen and oxygen atoms in total. The van der Waals surface area contributed by atoms with E-state index in [9.17, 15) is 19.2 Å². The second-order valence-corrected chi connectivity index (χ2v) is 23.4. The Morgan fingerprint density at radius 1 is 0.286 bits per heavy atom. The first kappa shape index (κ1) is 102. The van der Waals surface area contributed by atoms with Crippen LogP contribution >= 0.6 is 0 Å². The van der Waals surface area contributed by atoms with Crippen molar-refractivity contribution in [2.45, 2.75) is 286 Å². The number of unbranched alkanes of at least 4 members (excludes halogenated alkanes) is 28. The molecule has 0 fully saturated rings. The van der Waals surface area contributed by atoms with Gasteiger partial charge in [0.05, 0.1) is 52.9 Å². The molecule has 0 aliphatic rings. The molecule has 0 aliphatic carbocycles. The van der Waals surface area contributed by atoms with E-state index < -0.39 is 29.8 Å². The van der Waals surface area contributed by atoms with Gasteiger partial charge >= 0.3 is 23.9 Å². The van der Waals surface area contributed by atoms with E-state index in [2.05, 4.69) is 68.1 Å². The van der Waals surface area contributed by atoms with Gasteiger partial charge in [-0.3, -0.25) is 34.0 Å². The normalized spacial score (nSPS) is 10.8. The minimum atomic E-state index is -1.23. The summed E-state index contributed by atoms with van der Waals surface area (Å²) in [6.07, 6.45) is 45.5. The van der Waals surface area contributed by atoms with Crippen molar-refractivity contribution in [3.63, 3.8) is 0 Å². The number of hydrogen-bond donors (Lipinski definition) is 12. The highest BCUT2D eigenvalue weighted by atomic mass is 16.4. The molecule has 0 aromatic rings. The fourth-order valence-corrected chi connectivity index (χ4v) is 9.18. The Morgan fingerprint density at radius 2 is 0.505 bits per heavy atom. The monoisotopic (exact) mass is 1320 g/mol. The van der Waals surface area contributed by atoms with Crippen molar-refractivity contribution in [2.24, 2.45) is 5.92 Å². The molecular formula is C71H150N4O16. The molecule has 0 saturated carbocycles. The third kappa shape index (κ3) is 101. The van der Waals surface area contributed by atoms with Crippen LogP contribution in [-0.4, -0.2) is 236 Å². The molecule has 0 aromatic heterocycles. The molecule has 0 rings (SSSR count). The first-order chi connectivity index (χ1) is 44.0. The number of carboxylic acids is 4.